The van der Waals surface area contributed by atoms with Crippen LogP contribution in [0.1, 0.15) is 17.2 Å². The molecule has 1 saturated heterocycles. The van der Waals surface area contributed by atoms with Gasteiger partial charge in [0.15, 0.2) is 5.41 Å². The van der Waals surface area contributed by atoms with Gasteiger partial charge in [-0.1, -0.05) is 30.3 Å². The van der Waals surface area contributed by atoms with Crippen LogP contribution in [0.4, 0.5) is 16.2 Å². The van der Waals surface area contributed by atoms with Crippen molar-refractivity contribution >= 4 is 34.9 Å². The van der Waals surface area contributed by atoms with Crippen molar-refractivity contribution in [2.75, 3.05) is 31.1 Å². The summed E-state index contributed by atoms with van der Waals surface area (Å²) in [5, 5.41) is 11.2. The molecule has 5 rings (SSSR count). The number of hydrogen-bond acceptors (Lipinski definition) is 7. The highest BCUT2D eigenvalue weighted by Gasteiger charge is 2.65. The highest BCUT2D eigenvalue weighted by Crippen LogP contribution is 2.50. The van der Waals surface area contributed by atoms with Crippen molar-refractivity contribution in [2.24, 2.45) is 10.5 Å². The van der Waals surface area contributed by atoms with Crippen molar-refractivity contribution < 1.29 is 19.1 Å². The van der Waals surface area contributed by atoms with Gasteiger partial charge >= 0.3 is 6.03 Å². The summed E-state index contributed by atoms with van der Waals surface area (Å²) in [5.41, 5.74) is 1.30. The van der Waals surface area contributed by atoms with Gasteiger partial charge in [-0.05, 0) is 59.7 Å². The molecule has 1 spiro atoms. The van der Waals surface area contributed by atoms with Crippen LogP contribution in [-0.2, 0) is 9.59 Å². The lowest BCUT2D eigenvalue weighted by atomic mass is 9.69. The zero-order valence-electron chi connectivity index (χ0n) is 20.1. The first-order valence-electron chi connectivity index (χ1n) is 11.4. The molecule has 182 valence electrons. The average molecular weight is 484 g/mol. The number of hydrazone groups is 1. The van der Waals surface area contributed by atoms with E-state index in [2.05, 4.69) is 10.6 Å². The maximum Gasteiger partial charge on any atom is 0.328 e. The van der Waals surface area contributed by atoms with E-state index in [-0.39, 0.29) is 5.71 Å². The summed E-state index contributed by atoms with van der Waals surface area (Å²) >= 11 is 0. The number of carbonyl (C=O) groups excluding carboxylic acids is 3. The molecule has 1 unspecified atom stereocenters. The molecule has 9 nitrogen and oxygen atoms in total. The van der Waals surface area contributed by atoms with E-state index in [0.29, 0.717) is 22.6 Å². The number of imide groups is 2. The molecule has 4 amide bonds. The van der Waals surface area contributed by atoms with Gasteiger partial charge < -0.3 is 9.64 Å². The van der Waals surface area contributed by atoms with Crippen LogP contribution in [0.2, 0.25) is 0 Å². The molecule has 2 aliphatic heterocycles. The first-order valence-corrected chi connectivity index (χ1v) is 11.4. The van der Waals surface area contributed by atoms with Crippen LogP contribution in [0.15, 0.2) is 84.0 Å². The second-order valence-corrected chi connectivity index (χ2v) is 8.79. The molecule has 2 heterocycles. The molecule has 0 bridgehead atoms. The van der Waals surface area contributed by atoms with E-state index in [4.69, 9.17) is 9.84 Å². The van der Waals surface area contributed by atoms with Crippen LogP contribution in [0.3, 0.4) is 0 Å². The lowest BCUT2D eigenvalue weighted by Crippen LogP contribution is -2.67. The van der Waals surface area contributed by atoms with Crippen molar-refractivity contribution in [3.05, 3.63) is 90.0 Å². The maximum atomic E-state index is 13.7. The third-order valence-corrected chi connectivity index (χ3v) is 6.52. The van der Waals surface area contributed by atoms with E-state index >= 15 is 0 Å². The molecule has 3 aromatic carbocycles. The monoisotopic (exact) mass is 483 g/mol. The molecular formula is C27H25N5O4. The first-order chi connectivity index (χ1) is 17.4. The van der Waals surface area contributed by atoms with Gasteiger partial charge in [0, 0.05) is 19.8 Å². The summed E-state index contributed by atoms with van der Waals surface area (Å²) in [7, 11) is 5.42. The van der Waals surface area contributed by atoms with Crippen molar-refractivity contribution in [1.29, 1.82) is 0 Å². The van der Waals surface area contributed by atoms with E-state index in [1.807, 2.05) is 73.6 Å². The molecule has 0 radical (unpaired) electrons. The predicted octanol–water partition coefficient (Wildman–Crippen LogP) is 3.08. The minimum Gasteiger partial charge on any atom is -0.497 e. The van der Waals surface area contributed by atoms with Crippen LogP contribution >= 0.6 is 0 Å². The molecule has 0 saturated carbocycles. The highest BCUT2D eigenvalue weighted by atomic mass is 16.5. The standard InChI is InChI=1S/C27H25N5O4/c1-31(2)19-13-9-18(10-14-19)23-27(24(33)28-26(35)29-25(27)34)22(17-11-15-21(36-3)16-12-17)30-32(23)20-7-5-4-6-8-20/h4-16,23H,1-3H3,(H2,28,29,33,34,35). The fraction of sp³-hybridized carbons (Fsp3) is 0.185. The van der Waals surface area contributed by atoms with Crippen LogP contribution in [0.25, 0.3) is 0 Å². The molecule has 0 aliphatic carbocycles. The van der Waals surface area contributed by atoms with Crippen molar-refractivity contribution in [2.45, 2.75) is 6.04 Å². The van der Waals surface area contributed by atoms with E-state index in [9.17, 15) is 14.4 Å². The number of ether oxygens (including phenoxy) is 1. The van der Waals surface area contributed by atoms with E-state index < -0.39 is 29.3 Å². The fourth-order valence-electron chi connectivity index (χ4n) is 4.73. The Morgan fingerprint density at radius 2 is 1.47 bits per heavy atom. The number of urea groups is 1. The Bertz CT molecular complexity index is 1330. The third-order valence-electron chi connectivity index (χ3n) is 6.52. The largest absolute Gasteiger partial charge is 0.497 e. The minimum atomic E-state index is -1.84. The Labute approximate surface area is 208 Å². The van der Waals surface area contributed by atoms with Crippen LogP contribution in [0.5, 0.6) is 5.75 Å². The van der Waals surface area contributed by atoms with Gasteiger partial charge in [-0.15, -0.1) is 0 Å². The van der Waals surface area contributed by atoms with Crippen LogP contribution < -0.4 is 25.3 Å². The summed E-state index contributed by atoms with van der Waals surface area (Å²) in [6, 6.07) is 22.2. The number of amides is 4. The van der Waals surface area contributed by atoms with Gasteiger partial charge in [0.1, 0.15) is 11.8 Å². The van der Waals surface area contributed by atoms with Gasteiger partial charge in [0.25, 0.3) is 11.8 Å². The molecule has 2 aliphatic rings. The Morgan fingerprint density at radius 1 is 0.861 bits per heavy atom. The quantitative estimate of drug-likeness (QED) is 0.541. The highest BCUT2D eigenvalue weighted by molar-refractivity contribution is 6.36. The van der Waals surface area contributed by atoms with Gasteiger partial charge in [0.05, 0.1) is 18.5 Å². The number of hydrogen-bond donors (Lipinski definition) is 2. The number of methoxy groups -OCH3 is 1. The predicted molar refractivity (Wildman–Crippen MR) is 136 cm³/mol. The number of rotatable bonds is 5. The lowest BCUT2D eigenvalue weighted by Gasteiger charge is -2.38. The van der Waals surface area contributed by atoms with Crippen LogP contribution in [-0.4, -0.2) is 44.8 Å². The van der Waals surface area contributed by atoms with E-state index in [1.54, 1.807) is 36.4 Å². The number of carbonyl (C=O) groups is 3. The molecule has 0 aromatic heterocycles. The van der Waals surface area contributed by atoms with Crippen molar-refractivity contribution in [3.63, 3.8) is 0 Å². The Hall–Kier alpha value is -4.66. The van der Waals surface area contributed by atoms with Gasteiger partial charge in [0.2, 0.25) is 0 Å². The second-order valence-electron chi connectivity index (χ2n) is 8.79. The number of nitrogens with one attached hydrogen (secondary N) is 2. The van der Waals surface area contributed by atoms with E-state index in [0.717, 1.165) is 5.69 Å². The van der Waals surface area contributed by atoms with Gasteiger partial charge in [-0.25, -0.2) is 4.79 Å². The molecule has 2 N–H and O–H groups in total. The van der Waals surface area contributed by atoms with Crippen molar-refractivity contribution in [1.82, 2.24) is 10.6 Å². The lowest BCUT2D eigenvalue weighted by molar-refractivity contribution is -0.140. The van der Waals surface area contributed by atoms with Crippen molar-refractivity contribution in [3.8, 4) is 5.75 Å². The molecule has 1 fully saturated rings. The van der Waals surface area contributed by atoms with E-state index in [1.165, 1.54) is 0 Å². The Balaban J connectivity index is 1.77. The number of anilines is 2. The number of barbiturate groups is 1. The molecule has 36 heavy (non-hydrogen) atoms. The summed E-state index contributed by atoms with van der Waals surface area (Å²) in [4.78, 5) is 41.6. The number of nitrogens with zero attached hydrogens (tertiary/aromatic N) is 3. The van der Waals surface area contributed by atoms with Gasteiger partial charge in [-0.3, -0.25) is 25.2 Å². The zero-order chi connectivity index (χ0) is 25.4. The second kappa shape index (κ2) is 8.84. The molecule has 3 aromatic rings. The van der Waals surface area contributed by atoms with Crippen LogP contribution in [0, 0.1) is 5.41 Å². The Kier molecular flexibility index (Phi) is 5.68. The van der Waals surface area contributed by atoms with Gasteiger partial charge in [-0.2, -0.15) is 5.10 Å². The SMILES string of the molecule is COc1ccc(C2=NN(c3ccccc3)C(c3ccc(N(C)C)cc3)C23C(=O)NC(=O)NC3=O)cc1. The summed E-state index contributed by atoms with van der Waals surface area (Å²) in [6.45, 7) is 0. The fourth-order valence-corrected chi connectivity index (χ4v) is 4.73. The summed E-state index contributed by atoms with van der Waals surface area (Å²) in [5.74, 6) is -0.841. The first kappa shape index (κ1) is 23.1. The Morgan fingerprint density at radius 3 is 2.03 bits per heavy atom. The average Bonchev–Trinajstić information content (AvgIpc) is 3.25. The maximum absolute atomic E-state index is 13.7. The minimum absolute atomic E-state index is 0.234. The molecular weight excluding hydrogens is 458 g/mol. The normalized spacial score (nSPS) is 18.5. The molecule has 1 atom stereocenters. The number of para-hydroxylation sites is 1. The zero-order valence-corrected chi connectivity index (χ0v) is 20.1. The topological polar surface area (TPSA) is 103 Å². The molecule has 9 heteroatoms. The summed E-state index contributed by atoms with van der Waals surface area (Å²) < 4.78 is 5.28. The smallest absolute Gasteiger partial charge is 0.328 e. The summed E-state index contributed by atoms with van der Waals surface area (Å²) in [6.07, 6.45) is 0. The third kappa shape index (κ3) is 3.56. The number of benzene rings is 3.